The molecule has 0 unspecified atom stereocenters. The molecule has 0 aliphatic rings. The van der Waals surface area contributed by atoms with Gasteiger partial charge in [-0.25, -0.2) is 0 Å². The second kappa shape index (κ2) is 6.43. The average molecular weight is 302 g/mol. The quantitative estimate of drug-likeness (QED) is 0.621. The van der Waals surface area contributed by atoms with Gasteiger partial charge < -0.3 is 9.32 Å². The van der Waals surface area contributed by atoms with Crippen molar-refractivity contribution in [2.24, 2.45) is 5.92 Å². The van der Waals surface area contributed by atoms with Gasteiger partial charge in [0.15, 0.2) is 5.76 Å². The molecule has 1 aromatic heterocycles. The van der Waals surface area contributed by atoms with Gasteiger partial charge in [-0.2, -0.15) is 0 Å². The van der Waals surface area contributed by atoms with E-state index < -0.39 is 4.92 Å². The lowest BCUT2D eigenvalue weighted by Crippen LogP contribution is -2.34. The summed E-state index contributed by atoms with van der Waals surface area (Å²) in [6.07, 6.45) is 1.43. The van der Waals surface area contributed by atoms with E-state index in [2.05, 4.69) is 0 Å². The molecule has 6 nitrogen and oxygen atoms in total. The maximum Gasteiger partial charge on any atom is 0.293 e. The van der Waals surface area contributed by atoms with Crippen molar-refractivity contribution < 1.29 is 14.1 Å². The Kier molecular flexibility index (Phi) is 4.60. The van der Waals surface area contributed by atoms with Crippen LogP contribution in [0, 0.1) is 23.0 Å². The van der Waals surface area contributed by atoms with E-state index in [0.717, 1.165) is 0 Å². The van der Waals surface area contributed by atoms with Crippen LogP contribution in [0.25, 0.3) is 0 Å². The van der Waals surface area contributed by atoms with Gasteiger partial charge in [-0.3, -0.25) is 14.9 Å². The number of rotatable bonds is 5. The van der Waals surface area contributed by atoms with Gasteiger partial charge in [-0.15, -0.1) is 0 Å². The van der Waals surface area contributed by atoms with E-state index in [1.807, 2.05) is 13.8 Å². The number of nitro benzene ring substituents is 1. The average Bonchev–Trinajstić information content (AvgIpc) is 2.98. The fourth-order valence-corrected chi connectivity index (χ4v) is 2.29. The van der Waals surface area contributed by atoms with Gasteiger partial charge in [0.05, 0.1) is 22.4 Å². The van der Waals surface area contributed by atoms with Crippen LogP contribution < -0.4 is 4.90 Å². The van der Waals surface area contributed by atoms with Gasteiger partial charge in [0.25, 0.3) is 11.6 Å². The third-order valence-electron chi connectivity index (χ3n) is 3.29. The van der Waals surface area contributed by atoms with E-state index in [1.165, 1.54) is 17.2 Å². The molecule has 1 aromatic carbocycles. The van der Waals surface area contributed by atoms with Gasteiger partial charge >= 0.3 is 0 Å². The van der Waals surface area contributed by atoms with E-state index in [4.69, 9.17) is 4.42 Å². The van der Waals surface area contributed by atoms with Crippen molar-refractivity contribution in [3.05, 3.63) is 58.0 Å². The first-order chi connectivity index (χ1) is 10.4. The fourth-order valence-electron chi connectivity index (χ4n) is 2.29. The Balaban J connectivity index is 2.48. The van der Waals surface area contributed by atoms with Crippen LogP contribution in [-0.2, 0) is 0 Å². The molecule has 0 spiro atoms. The Morgan fingerprint density at radius 2 is 2.05 bits per heavy atom. The molecule has 2 rings (SSSR count). The summed E-state index contributed by atoms with van der Waals surface area (Å²) in [5.74, 6) is 0.117. The summed E-state index contributed by atoms with van der Waals surface area (Å²) in [6, 6.07) is 7.96. The number of hydrogen-bond donors (Lipinski definition) is 0. The van der Waals surface area contributed by atoms with Crippen molar-refractivity contribution in [1.29, 1.82) is 0 Å². The van der Waals surface area contributed by atoms with Crippen molar-refractivity contribution in [2.75, 3.05) is 11.4 Å². The molecule has 0 saturated heterocycles. The second-order valence-corrected chi connectivity index (χ2v) is 5.47. The lowest BCUT2D eigenvalue weighted by molar-refractivity contribution is -0.385. The molecule has 0 saturated carbocycles. The number of anilines is 1. The standard InChI is InChI=1S/C16H18N2O4/c1-11(2)10-17(16(19)15-8-5-9-22-15)13-6-4-7-14(12(13)3)18(20)21/h4-9,11H,10H2,1-3H3. The first-order valence-corrected chi connectivity index (χ1v) is 7.01. The van der Waals surface area contributed by atoms with Crippen LogP contribution in [0.5, 0.6) is 0 Å². The summed E-state index contributed by atoms with van der Waals surface area (Å²) in [5, 5.41) is 11.1. The SMILES string of the molecule is Cc1c(N(CC(C)C)C(=O)c2ccco2)cccc1[N+](=O)[O-]. The van der Waals surface area contributed by atoms with Crippen LogP contribution in [0.2, 0.25) is 0 Å². The summed E-state index contributed by atoms with van der Waals surface area (Å²) >= 11 is 0. The minimum atomic E-state index is -0.441. The molecule has 1 heterocycles. The van der Waals surface area contributed by atoms with Crippen LogP contribution in [0.1, 0.15) is 30.0 Å². The number of furan rings is 1. The highest BCUT2D eigenvalue weighted by molar-refractivity contribution is 6.04. The van der Waals surface area contributed by atoms with Gasteiger partial charge in [-0.05, 0) is 31.0 Å². The minimum absolute atomic E-state index is 0.00139. The van der Waals surface area contributed by atoms with E-state index in [1.54, 1.807) is 31.2 Å². The van der Waals surface area contributed by atoms with Crippen LogP contribution in [-0.4, -0.2) is 17.4 Å². The number of carbonyl (C=O) groups excluding carboxylic acids is 1. The molecular weight excluding hydrogens is 284 g/mol. The topological polar surface area (TPSA) is 76.6 Å². The monoisotopic (exact) mass is 302 g/mol. The zero-order chi connectivity index (χ0) is 16.3. The third kappa shape index (κ3) is 3.16. The first-order valence-electron chi connectivity index (χ1n) is 7.01. The number of nitro groups is 1. The molecule has 0 radical (unpaired) electrons. The largest absolute Gasteiger partial charge is 0.459 e. The summed E-state index contributed by atoms with van der Waals surface area (Å²) in [6.45, 7) is 6.06. The van der Waals surface area contributed by atoms with E-state index in [-0.39, 0.29) is 23.3 Å². The number of amides is 1. The van der Waals surface area contributed by atoms with E-state index in [0.29, 0.717) is 17.8 Å². The highest BCUT2D eigenvalue weighted by Crippen LogP contribution is 2.30. The number of nitrogens with zero attached hydrogens (tertiary/aromatic N) is 2. The lowest BCUT2D eigenvalue weighted by atomic mass is 10.1. The maximum absolute atomic E-state index is 12.6. The Morgan fingerprint density at radius 1 is 1.32 bits per heavy atom. The van der Waals surface area contributed by atoms with Crippen molar-refractivity contribution in [2.45, 2.75) is 20.8 Å². The van der Waals surface area contributed by atoms with E-state index >= 15 is 0 Å². The van der Waals surface area contributed by atoms with E-state index in [9.17, 15) is 14.9 Å². The zero-order valence-corrected chi connectivity index (χ0v) is 12.8. The van der Waals surface area contributed by atoms with Crippen molar-refractivity contribution in [1.82, 2.24) is 0 Å². The molecule has 0 atom stereocenters. The molecular formula is C16H18N2O4. The molecule has 0 aliphatic carbocycles. The predicted molar refractivity (Wildman–Crippen MR) is 83.1 cm³/mol. The highest BCUT2D eigenvalue weighted by Gasteiger charge is 2.25. The van der Waals surface area contributed by atoms with Crippen molar-refractivity contribution in [3.8, 4) is 0 Å². The lowest BCUT2D eigenvalue weighted by Gasteiger charge is -2.25. The molecule has 116 valence electrons. The predicted octanol–water partition coefficient (Wildman–Crippen LogP) is 3.80. The van der Waals surface area contributed by atoms with Crippen molar-refractivity contribution >= 4 is 17.3 Å². The second-order valence-electron chi connectivity index (χ2n) is 5.47. The zero-order valence-electron chi connectivity index (χ0n) is 12.8. The van der Waals surface area contributed by atoms with Gasteiger partial charge in [0.2, 0.25) is 0 Å². The molecule has 0 aliphatic heterocycles. The summed E-state index contributed by atoms with van der Waals surface area (Å²) in [5.41, 5.74) is 0.996. The van der Waals surface area contributed by atoms with Gasteiger partial charge in [-0.1, -0.05) is 19.9 Å². The first kappa shape index (κ1) is 15.8. The molecule has 1 amide bonds. The summed E-state index contributed by atoms with van der Waals surface area (Å²) in [7, 11) is 0. The van der Waals surface area contributed by atoms with Crippen LogP contribution in [0.3, 0.4) is 0 Å². The normalized spacial score (nSPS) is 10.7. The highest BCUT2D eigenvalue weighted by atomic mass is 16.6. The fraction of sp³-hybridized carbons (Fsp3) is 0.312. The van der Waals surface area contributed by atoms with Crippen LogP contribution in [0.15, 0.2) is 41.0 Å². The summed E-state index contributed by atoms with van der Waals surface area (Å²) < 4.78 is 5.17. The molecule has 2 aromatic rings. The molecule has 0 N–H and O–H groups in total. The van der Waals surface area contributed by atoms with Crippen molar-refractivity contribution in [3.63, 3.8) is 0 Å². The number of benzene rings is 1. The smallest absolute Gasteiger partial charge is 0.293 e. The maximum atomic E-state index is 12.6. The summed E-state index contributed by atoms with van der Waals surface area (Å²) in [4.78, 5) is 24.8. The van der Waals surface area contributed by atoms with Crippen LogP contribution in [0.4, 0.5) is 11.4 Å². The number of hydrogen-bond acceptors (Lipinski definition) is 4. The van der Waals surface area contributed by atoms with Gasteiger partial charge in [0, 0.05) is 12.6 Å². The Bertz CT molecular complexity index is 677. The molecule has 0 bridgehead atoms. The third-order valence-corrected chi connectivity index (χ3v) is 3.29. The minimum Gasteiger partial charge on any atom is -0.459 e. The molecule has 22 heavy (non-hydrogen) atoms. The van der Waals surface area contributed by atoms with Gasteiger partial charge in [0.1, 0.15) is 0 Å². The van der Waals surface area contributed by atoms with Crippen LogP contribution >= 0.6 is 0 Å². The Labute approximate surface area is 128 Å². The number of carbonyl (C=O) groups is 1. The molecule has 0 fully saturated rings. The Morgan fingerprint density at radius 3 is 2.59 bits per heavy atom. The molecule has 6 heteroatoms. The Hall–Kier alpha value is -2.63.